The summed E-state index contributed by atoms with van der Waals surface area (Å²) in [6.45, 7) is 0. The van der Waals surface area contributed by atoms with Gasteiger partial charge in [0.05, 0.1) is 0 Å². The fraction of sp³-hybridized carbons (Fsp3) is 0.636. The quantitative estimate of drug-likeness (QED) is 0.826. The second-order valence-electron chi connectivity index (χ2n) is 8.38. The molecule has 3 aliphatic rings. The van der Waals surface area contributed by atoms with Crippen LogP contribution in [0.3, 0.4) is 0 Å². The highest BCUT2D eigenvalue weighted by Gasteiger charge is 2.36. The van der Waals surface area contributed by atoms with Gasteiger partial charge in [-0.3, -0.25) is 9.59 Å². The molecule has 2 bridgehead atoms. The first-order valence-electron chi connectivity index (χ1n) is 10.3. The molecule has 0 saturated carbocycles. The van der Waals surface area contributed by atoms with Crippen LogP contribution in [0.1, 0.15) is 72.9 Å². The Hall–Kier alpha value is -1.68. The van der Waals surface area contributed by atoms with Gasteiger partial charge in [-0.25, -0.2) is 0 Å². The first-order valence-corrected chi connectivity index (χ1v) is 10.3. The fourth-order valence-corrected chi connectivity index (χ4v) is 5.00. The molecule has 0 spiro atoms. The molecule has 1 aromatic rings. The number of ketones is 1. The smallest absolute Gasteiger partial charge is 0.223 e. The molecular weight excluding hydrogens is 324 g/mol. The monoisotopic (exact) mass is 354 g/mol. The van der Waals surface area contributed by atoms with Gasteiger partial charge in [0.15, 0.2) is 5.78 Å². The van der Waals surface area contributed by atoms with Crippen molar-refractivity contribution < 1.29 is 9.59 Å². The van der Waals surface area contributed by atoms with Gasteiger partial charge in [0.2, 0.25) is 5.91 Å². The molecule has 2 aliphatic heterocycles. The topological polar surface area (TPSA) is 49.4 Å². The van der Waals surface area contributed by atoms with Crippen LogP contribution >= 0.6 is 0 Å². The summed E-state index contributed by atoms with van der Waals surface area (Å²) in [5.41, 5.74) is 3.50. The number of piperidine rings is 1. The highest BCUT2D eigenvalue weighted by Crippen LogP contribution is 2.29. The number of carbonyl (C=O) groups excluding carboxylic acids is 2. The molecule has 1 amide bonds. The maximum atomic E-state index is 12.6. The molecule has 1 N–H and O–H groups in total. The summed E-state index contributed by atoms with van der Waals surface area (Å²) in [5.74, 6) is 0.216. The highest BCUT2D eigenvalue weighted by molar-refractivity contribution is 5.98. The van der Waals surface area contributed by atoms with E-state index in [9.17, 15) is 9.59 Å². The van der Waals surface area contributed by atoms with Crippen molar-refractivity contribution in [2.75, 3.05) is 7.05 Å². The van der Waals surface area contributed by atoms with E-state index in [1.807, 2.05) is 18.0 Å². The van der Waals surface area contributed by atoms with Crippen LogP contribution in [0.4, 0.5) is 0 Å². The lowest BCUT2D eigenvalue weighted by atomic mass is 9.89. The zero-order valence-corrected chi connectivity index (χ0v) is 15.8. The van der Waals surface area contributed by atoms with Crippen LogP contribution in [0.25, 0.3) is 0 Å². The maximum Gasteiger partial charge on any atom is 0.223 e. The Kier molecular flexibility index (Phi) is 5.12. The van der Waals surface area contributed by atoms with Crippen LogP contribution in [-0.4, -0.2) is 41.8 Å². The number of rotatable bonds is 5. The van der Waals surface area contributed by atoms with Crippen molar-refractivity contribution in [1.29, 1.82) is 0 Å². The lowest BCUT2D eigenvalue weighted by Crippen LogP contribution is -2.48. The number of fused-ring (bicyclic) bond motifs is 3. The molecule has 140 valence electrons. The Balaban J connectivity index is 1.31. The summed E-state index contributed by atoms with van der Waals surface area (Å²) in [5, 5.41) is 3.62. The molecule has 2 atom stereocenters. The molecule has 1 aliphatic carbocycles. The molecular formula is C22H30N2O2. The number of aryl methyl sites for hydroxylation is 2. The minimum atomic E-state index is 0.102. The first-order chi connectivity index (χ1) is 12.6. The number of carbonyl (C=O) groups is 2. The molecule has 26 heavy (non-hydrogen) atoms. The number of nitrogens with one attached hydrogen (secondary N) is 1. The van der Waals surface area contributed by atoms with E-state index in [-0.39, 0.29) is 11.7 Å². The molecule has 1 aromatic carbocycles. The van der Waals surface area contributed by atoms with Gasteiger partial charge in [0.1, 0.15) is 0 Å². The number of hydrogen-bond donors (Lipinski definition) is 1. The summed E-state index contributed by atoms with van der Waals surface area (Å²) in [4.78, 5) is 27.1. The van der Waals surface area contributed by atoms with Gasteiger partial charge in [0.25, 0.3) is 0 Å². The fourth-order valence-electron chi connectivity index (χ4n) is 5.00. The van der Waals surface area contributed by atoms with Gasteiger partial charge in [-0.15, -0.1) is 0 Å². The Morgan fingerprint density at radius 2 is 1.73 bits per heavy atom. The average Bonchev–Trinajstić information content (AvgIpc) is 3.02. The third kappa shape index (κ3) is 3.71. The molecule has 4 nitrogen and oxygen atoms in total. The van der Waals surface area contributed by atoms with Gasteiger partial charge in [0, 0.05) is 43.6 Å². The van der Waals surface area contributed by atoms with Crippen LogP contribution in [0, 0.1) is 0 Å². The summed E-state index contributed by atoms with van der Waals surface area (Å²) in [7, 11) is 1.92. The van der Waals surface area contributed by atoms with E-state index in [1.165, 1.54) is 36.8 Å². The molecule has 2 saturated heterocycles. The van der Waals surface area contributed by atoms with Gasteiger partial charge < -0.3 is 10.2 Å². The molecule has 2 heterocycles. The van der Waals surface area contributed by atoms with E-state index in [0.29, 0.717) is 31.0 Å². The van der Waals surface area contributed by atoms with Crippen molar-refractivity contribution in [2.24, 2.45) is 0 Å². The van der Waals surface area contributed by atoms with Gasteiger partial charge >= 0.3 is 0 Å². The van der Waals surface area contributed by atoms with Crippen LogP contribution in [0.2, 0.25) is 0 Å². The van der Waals surface area contributed by atoms with Gasteiger partial charge in [-0.2, -0.15) is 0 Å². The highest BCUT2D eigenvalue weighted by atomic mass is 16.2. The molecule has 2 fully saturated rings. The SMILES string of the molecule is CN(C(=O)CCC(=O)c1ccc2c(c1)CCCC2)C1CC2CCC(C1)N2. The minimum Gasteiger partial charge on any atom is -0.343 e. The summed E-state index contributed by atoms with van der Waals surface area (Å²) in [6.07, 6.45) is 9.90. The third-order valence-electron chi connectivity index (χ3n) is 6.63. The Morgan fingerprint density at radius 3 is 2.46 bits per heavy atom. The van der Waals surface area contributed by atoms with Crippen LogP contribution < -0.4 is 5.32 Å². The van der Waals surface area contributed by atoms with E-state index < -0.39 is 0 Å². The molecule has 4 rings (SSSR count). The largest absolute Gasteiger partial charge is 0.343 e. The molecule has 0 radical (unpaired) electrons. The molecule has 2 unspecified atom stereocenters. The summed E-state index contributed by atoms with van der Waals surface area (Å²) >= 11 is 0. The van der Waals surface area contributed by atoms with Gasteiger partial charge in [-0.1, -0.05) is 12.1 Å². The number of Topliss-reactive ketones (excluding diaryl/α,β-unsaturated/α-hetero) is 1. The third-order valence-corrected chi connectivity index (χ3v) is 6.63. The second kappa shape index (κ2) is 7.51. The zero-order valence-electron chi connectivity index (χ0n) is 15.8. The second-order valence-corrected chi connectivity index (χ2v) is 8.38. The number of hydrogen-bond acceptors (Lipinski definition) is 3. The number of amides is 1. The van der Waals surface area contributed by atoms with E-state index in [1.54, 1.807) is 0 Å². The van der Waals surface area contributed by atoms with Crippen molar-refractivity contribution in [3.8, 4) is 0 Å². The van der Waals surface area contributed by atoms with Crippen molar-refractivity contribution in [3.63, 3.8) is 0 Å². The minimum absolute atomic E-state index is 0.102. The Bertz CT molecular complexity index is 687. The average molecular weight is 354 g/mol. The van der Waals surface area contributed by atoms with E-state index in [4.69, 9.17) is 0 Å². The summed E-state index contributed by atoms with van der Waals surface area (Å²) in [6, 6.07) is 7.61. The van der Waals surface area contributed by atoms with Crippen LogP contribution in [0.15, 0.2) is 18.2 Å². The molecule has 4 heteroatoms. The Morgan fingerprint density at radius 1 is 1.04 bits per heavy atom. The van der Waals surface area contributed by atoms with E-state index >= 15 is 0 Å². The van der Waals surface area contributed by atoms with Crippen LogP contribution in [0.5, 0.6) is 0 Å². The molecule has 0 aromatic heterocycles. The predicted molar refractivity (Wildman–Crippen MR) is 102 cm³/mol. The lowest BCUT2D eigenvalue weighted by Gasteiger charge is -2.35. The van der Waals surface area contributed by atoms with Gasteiger partial charge in [-0.05, 0) is 68.6 Å². The first kappa shape index (κ1) is 17.7. The van der Waals surface area contributed by atoms with Crippen LogP contribution in [-0.2, 0) is 17.6 Å². The van der Waals surface area contributed by atoms with Crippen molar-refractivity contribution >= 4 is 11.7 Å². The van der Waals surface area contributed by atoms with Crippen molar-refractivity contribution in [3.05, 3.63) is 34.9 Å². The number of nitrogens with zero attached hydrogens (tertiary/aromatic N) is 1. The predicted octanol–water partition coefficient (Wildman–Crippen LogP) is 3.27. The zero-order chi connectivity index (χ0) is 18.1. The standard InChI is InChI=1S/C22H30N2O2/c1-24(20-13-18-8-9-19(14-20)23-18)22(26)11-10-21(25)17-7-6-15-4-2-3-5-16(15)12-17/h6-7,12,18-20,23H,2-5,8-11,13-14H2,1H3. The van der Waals surface area contributed by atoms with E-state index in [0.717, 1.165) is 31.2 Å². The van der Waals surface area contributed by atoms with E-state index in [2.05, 4.69) is 17.4 Å². The number of benzene rings is 1. The maximum absolute atomic E-state index is 12.6. The van der Waals surface area contributed by atoms with Crippen molar-refractivity contribution in [1.82, 2.24) is 10.2 Å². The normalized spacial score (nSPS) is 27.0. The lowest BCUT2D eigenvalue weighted by molar-refractivity contribution is -0.132. The summed E-state index contributed by atoms with van der Waals surface area (Å²) < 4.78 is 0. The van der Waals surface area contributed by atoms with Crippen molar-refractivity contribution in [2.45, 2.75) is 82.3 Å². The Labute approximate surface area is 156 Å².